The first-order chi connectivity index (χ1) is 9.15. The van der Waals surface area contributed by atoms with Gasteiger partial charge >= 0.3 is 0 Å². The molecule has 102 valence electrons. The second kappa shape index (κ2) is 5.99. The minimum absolute atomic E-state index is 0.0207. The molecule has 0 aliphatic rings. The van der Waals surface area contributed by atoms with E-state index in [0.717, 1.165) is 18.7 Å². The topological polar surface area (TPSA) is 55.9 Å². The van der Waals surface area contributed by atoms with Crippen LogP contribution >= 0.6 is 0 Å². The van der Waals surface area contributed by atoms with Crippen LogP contribution in [-0.2, 0) is 6.54 Å². The summed E-state index contributed by atoms with van der Waals surface area (Å²) < 4.78 is 2.02. The molecule has 1 atom stereocenters. The van der Waals surface area contributed by atoms with Crippen molar-refractivity contribution in [3.05, 3.63) is 52.8 Å². The number of nitrogens with two attached hydrogens (primary N) is 1. The van der Waals surface area contributed by atoms with Crippen LogP contribution < -0.4 is 11.3 Å². The van der Waals surface area contributed by atoms with Crippen LogP contribution in [0.2, 0.25) is 0 Å². The third-order valence-electron chi connectivity index (χ3n) is 3.22. The fourth-order valence-corrected chi connectivity index (χ4v) is 2.52. The summed E-state index contributed by atoms with van der Waals surface area (Å²) in [5.74, 6) is 5.77. The Morgan fingerprint density at radius 3 is 2.53 bits per heavy atom. The van der Waals surface area contributed by atoms with Crippen molar-refractivity contribution in [3.8, 4) is 0 Å². The zero-order chi connectivity index (χ0) is 13.8. The molecule has 3 N–H and O–H groups in total. The lowest BCUT2D eigenvalue weighted by atomic mass is 9.99. The predicted octanol–water partition coefficient (Wildman–Crippen LogP) is 2.46. The van der Waals surface area contributed by atoms with Gasteiger partial charge in [-0.1, -0.05) is 36.2 Å². The van der Waals surface area contributed by atoms with Gasteiger partial charge in [0.1, 0.15) is 0 Å². The standard InChI is InChI=1S/C15H22N4/c1-4-7-19-14(5-6-17-19)15(18-16)13-9-11(2)8-12(3)10-13/h5-6,8-10,15,18H,4,7,16H2,1-3H3. The largest absolute Gasteiger partial charge is 0.271 e. The second-order valence-corrected chi connectivity index (χ2v) is 5.00. The minimum Gasteiger partial charge on any atom is -0.271 e. The maximum Gasteiger partial charge on any atom is 0.0878 e. The first kappa shape index (κ1) is 13.8. The molecule has 4 nitrogen and oxygen atoms in total. The van der Waals surface area contributed by atoms with Gasteiger partial charge in [0.05, 0.1) is 11.7 Å². The van der Waals surface area contributed by atoms with Crippen LogP contribution in [0.4, 0.5) is 0 Å². The average molecular weight is 258 g/mol. The van der Waals surface area contributed by atoms with Gasteiger partial charge in [0.2, 0.25) is 0 Å². The highest BCUT2D eigenvalue weighted by Crippen LogP contribution is 2.23. The van der Waals surface area contributed by atoms with Crippen LogP contribution in [0.5, 0.6) is 0 Å². The van der Waals surface area contributed by atoms with Crippen molar-refractivity contribution >= 4 is 0 Å². The summed E-state index contributed by atoms with van der Waals surface area (Å²) in [6.45, 7) is 7.26. The lowest BCUT2D eigenvalue weighted by molar-refractivity contribution is 0.520. The van der Waals surface area contributed by atoms with Gasteiger partial charge in [-0.05, 0) is 31.9 Å². The van der Waals surface area contributed by atoms with Gasteiger partial charge in [0.25, 0.3) is 0 Å². The predicted molar refractivity (Wildman–Crippen MR) is 77.6 cm³/mol. The highest BCUT2D eigenvalue weighted by Gasteiger charge is 2.17. The first-order valence-electron chi connectivity index (χ1n) is 6.71. The Labute approximate surface area is 114 Å². The van der Waals surface area contributed by atoms with E-state index < -0.39 is 0 Å². The molecule has 0 bridgehead atoms. The molecule has 1 aromatic carbocycles. The fraction of sp³-hybridized carbons (Fsp3) is 0.400. The van der Waals surface area contributed by atoms with E-state index in [4.69, 9.17) is 5.84 Å². The minimum atomic E-state index is -0.0207. The molecule has 0 saturated heterocycles. The Balaban J connectivity index is 2.40. The SMILES string of the molecule is CCCn1nccc1C(NN)c1cc(C)cc(C)c1. The molecular formula is C15H22N4. The van der Waals surface area contributed by atoms with E-state index in [9.17, 15) is 0 Å². The van der Waals surface area contributed by atoms with Crippen molar-refractivity contribution in [2.45, 2.75) is 39.8 Å². The van der Waals surface area contributed by atoms with Gasteiger partial charge in [0.15, 0.2) is 0 Å². The zero-order valence-corrected chi connectivity index (χ0v) is 11.9. The number of benzene rings is 1. The van der Waals surface area contributed by atoms with Crippen molar-refractivity contribution in [2.24, 2.45) is 5.84 Å². The summed E-state index contributed by atoms with van der Waals surface area (Å²) in [5.41, 5.74) is 7.69. The van der Waals surface area contributed by atoms with Crippen LogP contribution in [0.1, 0.15) is 41.8 Å². The summed E-state index contributed by atoms with van der Waals surface area (Å²) in [4.78, 5) is 0. The number of hydrazine groups is 1. The van der Waals surface area contributed by atoms with Gasteiger partial charge in [-0.25, -0.2) is 5.43 Å². The molecule has 1 unspecified atom stereocenters. The molecule has 1 heterocycles. The number of nitrogens with one attached hydrogen (secondary N) is 1. The van der Waals surface area contributed by atoms with Crippen LogP contribution in [-0.4, -0.2) is 9.78 Å². The van der Waals surface area contributed by atoms with E-state index in [1.165, 1.54) is 16.7 Å². The van der Waals surface area contributed by atoms with E-state index in [1.54, 1.807) is 0 Å². The van der Waals surface area contributed by atoms with Gasteiger partial charge in [-0.3, -0.25) is 10.5 Å². The Hall–Kier alpha value is -1.65. The molecule has 0 saturated carbocycles. The summed E-state index contributed by atoms with van der Waals surface area (Å²) in [6, 6.07) is 8.51. The number of hydrogen-bond donors (Lipinski definition) is 2. The van der Waals surface area contributed by atoms with Gasteiger partial charge in [0, 0.05) is 12.7 Å². The molecule has 19 heavy (non-hydrogen) atoms. The van der Waals surface area contributed by atoms with E-state index in [1.807, 2.05) is 16.9 Å². The van der Waals surface area contributed by atoms with Crippen molar-refractivity contribution in [1.29, 1.82) is 0 Å². The maximum atomic E-state index is 5.77. The molecule has 0 radical (unpaired) electrons. The van der Waals surface area contributed by atoms with Crippen LogP contribution in [0, 0.1) is 13.8 Å². The Morgan fingerprint density at radius 2 is 1.95 bits per heavy atom. The Morgan fingerprint density at radius 1 is 1.26 bits per heavy atom. The van der Waals surface area contributed by atoms with E-state index in [-0.39, 0.29) is 6.04 Å². The molecule has 0 fully saturated rings. The highest BCUT2D eigenvalue weighted by atomic mass is 15.3. The number of nitrogens with zero attached hydrogens (tertiary/aromatic N) is 2. The Kier molecular flexibility index (Phi) is 4.35. The number of rotatable bonds is 5. The van der Waals surface area contributed by atoms with Crippen molar-refractivity contribution in [2.75, 3.05) is 0 Å². The lowest BCUT2D eigenvalue weighted by Gasteiger charge is -2.19. The average Bonchev–Trinajstić information content (AvgIpc) is 2.78. The van der Waals surface area contributed by atoms with Crippen molar-refractivity contribution < 1.29 is 0 Å². The third kappa shape index (κ3) is 3.03. The van der Waals surface area contributed by atoms with E-state index in [0.29, 0.717) is 0 Å². The van der Waals surface area contributed by atoms with E-state index >= 15 is 0 Å². The lowest BCUT2D eigenvalue weighted by Crippen LogP contribution is -2.31. The maximum absolute atomic E-state index is 5.77. The molecule has 0 amide bonds. The summed E-state index contributed by atoms with van der Waals surface area (Å²) in [5, 5.41) is 4.37. The second-order valence-electron chi connectivity index (χ2n) is 5.00. The first-order valence-corrected chi connectivity index (χ1v) is 6.71. The molecule has 4 heteroatoms. The van der Waals surface area contributed by atoms with Crippen LogP contribution in [0.25, 0.3) is 0 Å². The van der Waals surface area contributed by atoms with Gasteiger partial charge in [-0.2, -0.15) is 5.10 Å². The van der Waals surface area contributed by atoms with E-state index in [2.05, 4.69) is 49.5 Å². The van der Waals surface area contributed by atoms with Crippen LogP contribution in [0.3, 0.4) is 0 Å². The van der Waals surface area contributed by atoms with Crippen LogP contribution in [0.15, 0.2) is 30.5 Å². The smallest absolute Gasteiger partial charge is 0.0878 e. The van der Waals surface area contributed by atoms with Crippen molar-refractivity contribution in [3.63, 3.8) is 0 Å². The fourth-order valence-electron chi connectivity index (χ4n) is 2.52. The molecular weight excluding hydrogens is 236 g/mol. The number of aromatic nitrogens is 2. The molecule has 0 aliphatic carbocycles. The molecule has 0 spiro atoms. The quantitative estimate of drug-likeness (QED) is 0.640. The Bertz CT molecular complexity index is 525. The van der Waals surface area contributed by atoms with Crippen molar-refractivity contribution in [1.82, 2.24) is 15.2 Å². The van der Waals surface area contributed by atoms with Gasteiger partial charge < -0.3 is 0 Å². The molecule has 0 aliphatic heterocycles. The number of aryl methyl sites for hydroxylation is 3. The monoisotopic (exact) mass is 258 g/mol. The molecule has 2 aromatic rings. The number of hydrogen-bond acceptors (Lipinski definition) is 3. The summed E-state index contributed by atoms with van der Waals surface area (Å²) in [6.07, 6.45) is 2.89. The van der Waals surface area contributed by atoms with Gasteiger partial charge in [-0.15, -0.1) is 0 Å². The summed E-state index contributed by atoms with van der Waals surface area (Å²) >= 11 is 0. The summed E-state index contributed by atoms with van der Waals surface area (Å²) in [7, 11) is 0. The highest BCUT2D eigenvalue weighted by molar-refractivity contribution is 5.34. The molecule has 1 aromatic heterocycles. The molecule has 2 rings (SSSR count). The normalized spacial score (nSPS) is 12.6. The third-order valence-corrected chi connectivity index (χ3v) is 3.22. The zero-order valence-electron chi connectivity index (χ0n) is 11.9.